The standard InChI is InChI=1S/C9H19BO2.C4H11BO.C3H7BF3.K/c1-7(2)10-11-8(3,4)9(5,6)12-10;1-4(2)5(3)6;1-3(2)4(5,6)7;/h7H,1-6H3;4,6H,1-3H3;3H,1-2H3;/q;;-1;+1. The molecule has 1 heterocycles. The molecule has 1 N–H and O–H groups in total. The molecule has 0 aromatic heterocycles. The summed E-state index contributed by atoms with van der Waals surface area (Å²) < 4.78 is 45.3. The monoisotopic (exact) mass is 406 g/mol. The van der Waals surface area contributed by atoms with E-state index in [2.05, 4.69) is 41.5 Å². The molecule has 0 radical (unpaired) electrons. The van der Waals surface area contributed by atoms with Gasteiger partial charge in [-0.2, -0.15) is 0 Å². The summed E-state index contributed by atoms with van der Waals surface area (Å²) in [6.45, 7) is 15.9. The van der Waals surface area contributed by atoms with Gasteiger partial charge >= 0.3 is 65.5 Å². The van der Waals surface area contributed by atoms with Crippen LogP contribution in [0.25, 0.3) is 0 Å². The van der Waals surface area contributed by atoms with Crippen LogP contribution in [-0.4, -0.2) is 37.2 Å². The fraction of sp³-hybridized carbons (Fsp3) is 1.00. The third-order valence-corrected chi connectivity index (χ3v) is 4.54. The molecule has 1 aliphatic heterocycles. The molecular formula is C16H37B3F3KO3. The third kappa shape index (κ3) is 12.9. The van der Waals surface area contributed by atoms with Crippen LogP contribution in [0, 0.1) is 0 Å². The molecule has 0 atom stereocenters. The van der Waals surface area contributed by atoms with Gasteiger partial charge in [0.25, 0.3) is 6.92 Å². The predicted octanol–water partition coefficient (Wildman–Crippen LogP) is 2.75. The van der Waals surface area contributed by atoms with E-state index in [-0.39, 0.29) is 76.6 Å². The summed E-state index contributed by atoms with van der Waals surface area (Å²) in [5, 5.41) is 8.63. The Kier molecular flexibility index (Phi) is 16.0. The Balaban J connectivity index is -0.000000327. The van der Waals surface area contributed by atoms with Gasteiger partial charge in [-0.25, -0.2) is 0 Å². The van der Waals surface area contributed by atoms with Gasteiger partial charge in [-0.05, 0) is 39.3 Å². The molecule has 0 aliphatic carbocycles. The normalized spacial score (nSPS) is 18.0. The van der Waals surface area contributed by atoms with Crippen molar-refractivity contribution in [3.8, 4) is 0 Å². The SMILES string of the molecule is CB(O)C(C)C.CC(C)B1OC(C)(C)C(C)(C)O1.CC(C)[B-](F)(F)F.[K+]. The molecule has 0 spiro atoms. The molecule has 10 heteroatoms. The van der Waals surface area contributed by atoms with E-state index in [1.54, 1.807) is 6.82 Å². The maximum absolute atomic E-state index is 11.2. The van der Waals surface area contributed by atoms with Gasteiger partial charge in [0.2, 0.25) is 0 Å². The minimum atomic E-state index is -4.56. The van der Waals surface area contributed by atoms with Gasteiger partial charge in [-0.1, -0.05) is 54.2 Å². The molecule has 0 unspecified atom stereocenters. The van der Waals surface area contributed by atoms with Crippen LogP contribution in [0.5, 0.6) is 0 Å². The minimum absolute atomic E-state index is 0. The second-order valence-electron chi connectivity index (χ2n) is 8.72. The Morgan fingerprint density at radius 3 is 1.19 bits per heavy atom. The zero-order chi connectivity index (χ0) is 20.8. The summed E-state index contributed by atoms with van der Waals surface area (Å²) in [7, 11) is -0.0463. The van der Waals surface area contributed by atoms with Crippen molar-refractivity contribution >= 4 is 21.0 Å². The van der Waals surface area contributed by atoms with Crippen molar-refractivity contribution in [2.45, 2.75) is 105 Å². The van der Waals surface area contributed by atoms with Crippen molar-refractivity contribution in [2.24, 2.45) is 0 Å². The van der Waals surface area contributed by atoms with Crippen molar-refractivity contribution in [1.29, 1.82) is 0 Å². The summed E-state index contributed by atoms with van der Waals surface area (Å²) in [5.74, 6) is -0.309. The summed E-state index contributed by atoms with van der Waals surface area (Å²) >= 11 is 0. The largest absolute Gasteiger partial charge is 1.00 e. The van der Waals surface area contributed by atoms with Crippen LogP contribution in [0.1, 0.15) is 69.2 Å². The fourth-order valence-electron chi connectivity index (χ4n) is 1.16. The Morgan fingerprint density at radius 2 is 1.12 bits per heavy atom. The average Bonchev–Trinajstić information content (AvgIpc) is 2.58. The van der Waals surface area contributed by atoms with Crippen molar-refractivity contribution in [3.05, 3.63) is 0 Å². The Hall–Kier alpha value is 1.50. The van der Waals surface area contributed by atoms with Gasteiger partial charge in [0, 0.05) is 0 Å². The molecule has 26 heavy (non-hydrogen) atoms. The second kappa shape index (κ2) is 12.9. The van der Waals surface area contributed by atoms with Crippen LogP contribution in [0.2, 0.25) is 24.3 Å². The Labute approximate surface area is 202 Å². The maximum atomic E-state index is 11.2. The smallest absolute Gasteiger partial charge is 0.450 e. The average molecular weight is 406 g/mol. The summed E-state index contributed by atoms with van der Waals surface area (Å²) in [5.41, 5.74) is -0.357. The number of hydrogen-bond donors (Lipinski definition) is 1. The van der Waals surface area contributed by atoms with Gasteiger partial charge in [0.05, 0.1) is 11.2 Å². The Morgan fingerprint density at radius 1 is 0.885 bits per heavy atom. The molecule has 0 bridgehead atoms. The maximum Gasteiger partial charge on any atom is 1.00 e. The van der Waals surface area contributed by atoms with Gasteiger partial charge in [0.1, 0.15) is 0 Å². The zero-order valence-corrected chi connectivity index (χ0v) is 22.0. The van der Waals surface area contributed by atoms with Gasteiger partial charge < -0.3 is 27.3 Å². The molecule has 1 saturated heterocycles. The van der Waals surface area contributed by atoms with Crippen LogP contribution in [0.3, 0.4) is 0 Å². The van der Waals surface area contributed by atoms with Crippen LogP contribution in [-0.2, 0) is 9.31 Å². The van der Waals surface area contributed by atoms with Gasteiger partial charge in [-0.3, -0.25) is 0 Å². The van der Waals surface area contributed by atoms with Gasteiger partial charge in [-0.15, -0.1) is 0 Å². The number of hydrogen-bond acceptors (Lipinski definition) is 3. The van der Waals surface area contributed by atoms with E-state index >= 15 is 0 Å². The van der Waals surface area contributed by atoms with E-state index in [1.165, 1.54) is 0 Å². The molecule has 0 aromatic rings. The first kappa shape index (κ1) is 32.2. The molecule has 1 aliphatic rings. The van der Waals surface area contributed by atoms with Gasteiger partial charge in [0.15, 0.2) is 0 Å². The first-order valence-corrected chi connectivity index (χ1v) is 9.08. The molecule has 1 fully saturated rings. The zero-order valence-electron chi connectivity index (χ0n) is 18.9. The molecular weight excluding hydrogens is 369 g/mol. The first-order chi connectivity index (χ1) is 10.8. The summed E-state index contributed by atoms with van der Waals surface area (Å²) in [6, 6.07) is 0. The topological polar surface area (TPSA) is 38.7 Å². The third-order valence-electron chi connectivity index (χ3n) is 4.54. The molecule has 0 saturated carbocycles. The van der Waals surface area contributed by atoms with Crippen molar-refractivity contribution in [3.63, 3.8) is 0 Å². The Bertz CT molecular complexity index is 355. The van der Waals surface area contributed by atoms with Crippen LogP contribution < -0.4 is 51.4 Å². The minimum Gasteiger partial charge on any atom is -0.450 e. The quantitative estimate of drug-likeness (QED) is 0.734. The fourth-order valence-corrected chi connectivity index (χ4v) is 1.16. The van der Waals surface area contributed by atoms with E-state index < -0.39 is 12.8 Å². The molecule has 3 nitrogen and oxygen atoms in total. The van der Waals surface area contributed by atoms with E-state index in [1.807, 2.05) is 13.8 Å². The molecule has 150 valence electrons. The van der Waals surface area contributed by atoms with E-state index in [9.17, 15) is 12.9 Å². The number of halogens is 3. The predicted molar refractivity (Wildman–Crippen MR) is 104 cm³/mol. The van der Waals surface area contributed by atoms with Crippen molar-refractivity contribution < 1.29 is 78.7 Å². The van der Waals surface area contributed by atoms with Crippen molar-refractivity contribution in [1.82, 2.24) is 0 Å². The van der Waals surface area contributed by atoms with Crippen LogP contribution >= 0.6 is 0 Å². The van der Waals surface area contributed by atoms with Crippen LogP contribution in [0.15, 0.2) is 0 Å². The number of rotatable bonds is 3. The second-order valence-corrected chi connectivity index (χ2v) is 8.72. The van der Waals surface area contributed by atoms with E-state index in [4.69, 9.17) is 14.3 Å². The summed E-state index contributed by atoms with van der Waals surface area (Å²) in [4.78, 5) is 0. The van der Waals surface area contributed by atoms with E-state index in [0.29, 0.717) is 11.6 Å². The van der Waals surface area contributed by atoms with Crippen LogP contribution in [0.4, 0.5) is 12.9 Å². The molecule has 1 rings (SSSR count). The summed E-state index contributed by atoms with van der Waals surface area (Å²) in [6.07, 6.45) is 0. The molecule has 0 amide bonds. The van der Waals surface area contributed by atoms with E-state index in [0.717, 1.165) is 13.8 Å². The molecule has 0 aromatic carbocycles. The first-order valence-electron chi connectivity index (χ1n) is 9.08. The van der Waals surface area contributed by atoms with Crippen molar-refractivity contribution in [2.75, 3.05) is 0 Å².